The summed E-state index contributed by atoms with van der Waals surface area (Å²) < 4.78 is 28.5. The number of anilines is 1. The molecule has 1 fully saturated rings. The van der Waals surface area contributed by atoms with Gasteiger partial charge < -0.3 is 0 Å². The SMILES string of the molecule is Cc1cc(NS(=O)(=O)C2C(C)NNC2C)ccc1Br. The lowest BCUT2D eigenvalue weighted by Gasteiger charge is -2.19. The Kier molecular flexibility index (Phi) is 4.20. The van der Waals surface area contributed by atoms with E-state index in [1.807, 2.05) is 32.9 Å². The Balaban J connectivity index is 2.23. The molecule has 0 aliphatic carbocycles. The zero-order valence-electron chi connectivity index (χ0n) is 11.1. The van der Waals surface area contributed by atoms with Crippen LogP contribution in [0, 0.1) is 6.92 Å². The number of nitrogens with one attached hydrogen (secondary N) is 3. The van der Waals surface area contributed by atoms with E-state index in [2.05, 4.69) is 31.5 Å². The van der Waals surface area contributed by atoms with Crippen molar-refractivity contribution in [1.29, 1.82) is 0 Å². The summed E-state index contributed by atoms with van der Waals surface area (Å²) in [5.41, 5.74) is 7.49. The van der Waals surface area contributed by atoms with Gasteiger partial charge in [-0.25, -0.2) is 8.42 Å². The highest BCUT2D eigenvalue weighted by Gasteiger charge is 2.40. The number of hydrazine groups is 1. The quantitative estimate of drug-likeness (QED) is 0.779. The third-order valence-electron chi connectivity index (χ3n) is 3.30. The largest absolute Gasteiger partial charge is 0.283 e. The van der Waals surface area contributed by atoms with Gasteiger partial charge >= 0.3 is 0 Å². The number of hydrogen-bond acceptors (Lipinski definition) is 4. The predicted molar refractivity (Wildman–Crippen MR) is 80.4 cm³/mol. The van der Waals surface area contributed by atoms with Gasteiger partial charge in [-0.05, 0) is 44.5 Å². The molecule has 0 spiro atoms. The van der Waals surface area contributed by atoms with Crippen LogP contribution in [0.2, 0.25) is 0 Å². The van der Waals surface area contributed by atoms with E-state index in [1.165, 1.54) is 0 Å². The number of benzene rings is 1. The third kappa shape index (κ3) is 3.10. The fraction of sp³-hybridized carbons (Fsp3) is 0.500. The lowest BCUT2D eigenvalue weighted by molar-refractivity contribution is 0.564. The van der Waals surface area contributed by atoms with Gasteiger partial charge in [0, 0.05) is 22.2 Å². The number of aryl methyl sites for hydroxylation is 1. The highest BCUT2D eigenvalue weighted by Crippen LogP contribution is 2.23. The van der Waals surface area contributed by atoms with Crippen LogP contribution in [0.1, 0.15) is 19.4 Å². The van der Waals surface area contributed by atoms with Crippen LogP contribution < -0.4 is 15.6 Å². The Labute approximate surface area is 122 Å². The molecule has 0 aromatic heterocycles. The minimum absolute atomic E-state index is 0.135. The molecule has 1 aromatic rings. The van der Waals surface area contributed by atoms with Gasteiger partial charge in [0.15, 0.2) is 0 Å². The van der Waals surface area contributed by atoms with Crippen LogP contribution in [0.15, 0.2) is 22.7 Å². The molecule has 1 saturated heterocycles. The molecule has 0 bridgehead atoms. The van der Waals surface area contributed by atoms with Crippen LogP contribution in [0.4, 0.5) is 5.69 Å². The molecule has 0 saturated carbocycles. The Morgan fingerprint density at radius 2 is 1.79 bits per heavy atom. The van der Waals surface area contributed by atoms with Crippen molar-refractivity contribution in [3.05, 3.63) is 28.2 Å². The topological polar surface area (TPSA) is 70.2 Å². The number of hydrogen-bond donors (Lipinski definition) is 3. The Morgan fingerprint density at radius 3 is 2.32 bits per heavy atom. The van der Waals surface area contributed by atoms with E-state index in [-0.39, 0.29) is 12.1 Å². The van der Waals surface area contributed by atoms with E-state index >= 15 is 0 Å². The Hall–Kier alpha value is -0.630. The summed E-state index contributed by atoms with van der Waals surface area (Å²) >= 11 is 3.40. The summed E-state index contributed by atoms with van der Waals surface area (Å²) in [7, 11) is -3.43. The molecule has 0 radical (unpaired) electrons. The molecule has 1 aliphatic rings. The lowest BCUT2D eigenvalue weighted by atomic mass is 10.2. The minimum atomic E-state index is -3.43. The lowest BCUT2D eigenvalue weighted by Crippen LogP contribution is -2.41. The summed E-state index contributed by atoms with van der Waals surface area (Å²) in [5, 5.41) is -0.503. The van der Waals surface area contributed by atoms with Gasteiger partial charge in [0.05, 0.1) is 0 Å². The molecular weight excluding hydrogens is 330 g/mol. The van der Waals surface area contributed by atoms with Crippen molar-refractivity contribution in [2.75, 3.05) is 4.72 Å². The van der Waals surface area contributed by atoms with Crippen molar-refractivity contribution in [2.45, 2.75) is 38.1 Å². The van der Waals surface area contributed by atoms with Gasteiger partial charge in [0.25, 0.3) is 0 Å². The predicted octanol–water partition coefficient (Wildman–Crippen LogP) is 1.75. The fourth-order valence-corrected chi connectivity index (χ4v) is 4.39. The average Bonchev–Trinajstić information content (AvgIpc) is 2.64. The molecule has 1 heterocycles. The van der Waals surface area contributed by atoms with Crippen LogP contribution in [-0.2, 0) is 10.0 Å². The molecule has 5 nitrogen and oxygen atoms in total. The summed E-state index contributed by atoms with van der Waals surface area (Å²) in [6, 6.07) is 5.13. The second kappa shape index (κ2) is 5.40. The van der Waals surface area contributed by atoms with E-state index in [9.17, 15) is 8.42 Å². The van der Waals surface area contributed by atoms with Crippen LogP contribution in [-0.4, -0.2) is 25.8 Å². The first-order chi connectivity index (χ1) is 8.81. The second-order valence-electron chi connectivity index (χ2n) is 4.94. The highest BCUT2D eigenvalue weighted by molar-refractivity contribution is 9.10. The van der Waals surface area contributed by atoms with E-state index in [1.54, 1.807) is 6.07 Å². The first kappa shape index (κ1) is 14.8. The normalized spacial score (nSPS) is 27.5. The van der Waals surface area contributed by atoms with Crippen molar-refractivity contribution in [3.8, 4) is 0 Å². The molecule has 2 atom stereocenters. The molecule has 19 heavy (non-hydrogen) atoms. The molecule has 2 rings (SSSR count). The van der Waals surface area contributed by atoms with Crippen LogP contribution >= 0.6 is 15.9 Å². The fourth-order valence-electron chi connectivity index (χ4n) is 2.34. The van der Waals surface area contributed by atoms with Crippen molar-refractivity contribution in [3.63, 3.8) is 0 Å². The van der Waals surface area contributed by atoms with E-state index in [0.29, 0.717) is 5.69 Å². The monoisotopic (exact) mass is 347 g/mol. The van der Waals surface area contributed by atoms with Crippen molar-refractivity contribution in [2.24, 2.45) is 0 Å². The maximum absolute atomic E-state index is 12.4. The zero-order chi connectivity index (χ0) is 14.2. The molecule has 106 valence electrons. The summed E-state index contributed by atoms with van der Waals surface area (Å²) in [4.78, 5) is 0. The Morgan fingerprint density at radius 1 is 1.21 bits per heavy atom. The highest BCUT2D eigenvalue weighted by atomic mass is 79.9. The summed E-state index contributed by atoms with van der Waals surface area (Å²) in [6.45, 7) is 5.63. The van der Waals surface area contributed by atoms with Crippen molar-refractivity contribution >= 4 is 31.6 Å². The standard InChI is InChI=1S/C12H18BrN3O2S/c1-7-6-10(4-5-11(7)13)16-19(17,18)12-8(2)14-15-9(12)3/h4-6,8-9,12,14-16H,1-3H3. The molecular formula is C12H18BrN3O2S. The molecule has 2 unspecified atom stereocenters. The molecule has 7 heteroatoms. The first-order valence-electron chi connectivity index (χ1n) is 6.10. The van der Waals surface area contributed by atoms with E-state index < -0.39 is 15.3 Å². The van der Waals surface area contributed by atoms with Crippen LogP contribution in [0.25, 0.3) is 0 Å². The molecule has 0 amide bonds. The maximum Gasteiger partial charge on any atom is 0.238 e. The van der Waals surface area contributed by atoms with Gasteiger partial charge in [-0.15, -0.1) is 0 Å². The maximum atomic E-state index is 12.4. The summed E-state index contributed by atoms with van der Waals surface area (Å²) in [5.74, 6) is 0. The van der Waals surface area contributed by atoms with Crippen LogP contribution in [0.3, 0.4) is 0 Å². The van der Waals surface area contributed by atoms with Gasteiger partial charge in [-0.1, -0.05) is 15.9 Å². The van der Waals surface area contributed by atoms with Crippen molar-refractivity contribution in [1.82, 2.24) is 10.9 Å². The minimum Gasteiger partial charge on any atom is -0.283 e. The smallest absolute Gasteiger partial charge is 0.238 e. The van der Waals surface area contributed by atoms with E-state index in [0.717, 1.165) is 10.0 Å². The second-order valence-corrected chi connectivity index (χ2v) is 7.63. The van der Waals surface area contributed by atoms with Gasteiger partial charge in [0.1, 0.15) is 5.25 Å². The Bertz CT molecular complexity index is 566. The van der Waals surface area contributed by atoms with Gasteiger partial charge in [-0.3, -0.25) is 15.6 Å². The van der Waals surface area contributed by atoms with Gasteiger partial charge in [-0.2, -0.15) is 0 Å². The molecule has 3 N–H and O–H groups in total. The van der Waals surface area contributed by atoms with Crippen LogP contribution in [0.5, 0.6) is 0 Å². The number of sulfonamides is 1. The average molecular weight is 348 g/mol. The zero-order valence-corrected chi connectivity index (χ0v) is 13.5. The molecule has 1 aromatic carbocycles. The van der Waals surface area contributed by atoms with E-state index in [4.69, 9.17) is 0 Å². The van der Waals surface area contributed by atoms with Crippen molar-refractivity contribution < 1.29 is 8.42 Å². The summed E-state index contributed by atoms with van der Waals surface area (Å²) in [6.07, 6.45) is 0. The number of rotatable bonds is 3. The molecule has 1 aliphatic heterocycles. The first-order valence-corrected chi connectivity index (χ1v) is 8.44. The van der Waals surface area contributed by atoms with Gasteiger partial charge in [0.2, 0.25) is 10.0 Å². The third-order valence-corrected chi connectivity index (χ3v) is 6.24. The number of halogens is 1.